The van der Waals surface area contributed by atoms with Crippen molar-refractivity contribution in [1.82, 2.24) is 20.2 Å². The molecule has 0 amide bonds. The second-order valence-electron chi connectivity index (χ2n) is 5.83. The van der Waals surface area contributed by atoms with Crippen LogP contribution >= 0.6 is 0 Å². The molecule has 1 N–H and O–H groups in total. The van der Waals surface area contributed by atoms with Gasteiger partial charge in [-0.3, -0.25) is 4.79 Å². The molecule has 0 aliphatic heterocycles. The molecule has 1 aromatic rings. The molecule has 1 rings (SSSR count). The Morgan fingerprint density at radius 2 is 2.11 bits per heavy atom. The summed E-state index contributed by atoms with van der Waals surface area (Å²) >= 11 is 0. The van der Waals surface area contributed by atoms with E-state index in [-0.39, 0.29) is 5.41 Å². The average molecular weight is 254 g/mol. The number of carboxylic acid groups (broad SMARTS) is 1. The fourth-order valence-corrected chi connectivity index (χ4v) is 1.95. The zero-order valence-corrected chi connectivity index (χ0v) is 11.6. The van der Waals surface area contributed by atoms with Gasteiger partial charge in [-0.15, -0.1) is 5.10 Å². The number of aromatic nitrogens is 4. The van der Waals surface area contributed by atoms with Gasteiger partial charge in [-0.2, -0.15) is 0 Å². The molecule has 1 atom stereocenters. The van der Waals surface area contributed by atoms with Crippen molar-refractivity contribution in [3.63, 3.8) is 0 Å². The zero-order chi connectivity index (χ0) is 13.8. The van der Waals surface area contributed by atoms with E-state index in [2.05, 4.69) is 15.5 Å². The van der Waals surface area contributed by atoms with Crippen LogP contribution in [0.3, 0.4) is 0 Å². The van der Waals surface area contributed by atoms with Crippen LogP contribution in [0.2, 0.25) is 0 Å². The van der Waals surface area contributed by atoms with E-state index in [4.69, 9.17) is 0 Å². The first-order chi connectivity index (χ1) is 8.33. The van der Waals surface area contributed by atoms with Crippen LogP contribution in [0, 0.1) is 11.3 Å². The lowest BCUT2D eigenvalue weighted by Gasteiger charge is -2.23. The molecule has 1 heterocycles. The molecule has 0 fully saturated rings. The minimum absolute atomic E-state index is 0.0258. The lowest BCUT2D eigenvalue weighted by molar-refractivity contribution is -0.143. The monoisotopic (exact) mass is 254 g/mol. The van der Waals surface area contributed by atoms with Gasteiger partial charge < -0.3 is 5.11 Å². The number of aliphatic carboxylic acids is 1. The lowest BCUT2D eigenvalue weighted by atomic mass is 9.84. The van der Waals surface area contributed by atoms with Gasteiger partial charge >= 0.3 is 5.97 Å². The van der Waals surface area contributed by atoms with Crippen molar-refractivity contribution in [2.75, 3.05) is 0 Å². The molecule has 0 aliphatic rings. The van der Waals surface area contributed by atoms with E-state index in [9.17, 15) is 9.90 Å². The van der Waals surface area contributed by atoms with Crippen LogP contribution in [-0.2, 0) is 17.8 Å². The maximum Gasteiger partial charge on any atom is 0.308 e. The van der Waals surface area contributed by atoms with E-state index in [1.165, 1.54) is 0 Å². The predicted molar refractivity (Wildman–Crippen MR) is 67.0 cm³/mol. The Morgan fingerprint density at radius 1 is 1.44 bits per heavy atom. The van der Waals surface area contributed by atoms with Crippen molar-refractivity contribution in [1.29, 1.82) is 0 Å². The van der Waals surface area contributed by atoms with E-state index < -0.39 is 11.9 Å². The molecule has 18 heavy (non-hydrogen) atoms. The molecule has 0 aromatic carbocycles. The topological polar surface area (TPSA) is 80.9 Å². The SMILES string of the molecule is CCCc1nnnn1CC(CC(C)(C)C)C(=O)O. The standard InChI is InChI=1S/C12H22N4O2/c1-5-6-10-13-14-15-16(10)8-9(11(17)18)7-12(2,3)4/h9H,5-8H2,1-4H3,(H,17,18). The molecular weight excluding hydrogens is 232 g/mol. The molecule has 1 aromatic heterocycles. The summed E-state index contributed by atoms with van der Waals surface area (Å²) in [6.45, 7) is 8.50. The number of hydrogen-bond donors (Lipinski definition) is 1. The van der Waals surface area contributed by atoms with Crippen molar-refractivity contribution < 1.29 is 9.90 Å². The number of aryl methyl sites for hydroxylation is 1. The lowest BCUT2D eigenvalue weighted by Crippen LogP contribution is -2.26. The number of nitrogens with zero attached hydrogens (tertiary/aromatic N) is 4. The minimum Gasteiger partial charge on any atom is -0.481 e. The van der Waals surface area contributed by atoms with Gasteiger partial charge in [0.2, 0.25) is 0 Å². The molecule has 102 valence electrons. The smallest absolute Gasteiger partial charge is 0.308 e. The Kier molecular flexibility index (Phi) is 4.81. The summed E-state index contributed by atoms with van der Waals surface area (Å²) in [5.74, 6) is -0.482. The number of tetrazole rings is 1. The van der Waals surface area contributed by atoms with Gasteiger partial charge in [-0.25, -0.2) is 4.68 Å². The average Bonchev–Trinajstić information content (AvgIpc) is 2.63. The third-order valence-electron chi connectivity index (χ3n) is 2.68. The summed E-state index contributed by atoms with van der Waals surface area (Å²) in [6.07, 6.45) is 2.32. The number of carbonyl (C=O) groups is 1. The second kappa shape index (κ2) is 5.93. The first-order valence-corrected chi connectivity index (χ1v) is 6.31. The van der Waals surface area contributed by atoms with Crippen molar-refractivity contribution in [2.24, 2.45) is 11.3 Å². The highest BCUT2D eigenvalue weighted by atomic mass is 16.4. The summed E-state index contributed by atoms with van der Waals surface area (Å²) in [6, 6.07) is 0. The molecule has 0 spiro atoms. The highest BCUT2D eigenvalue weighted by Crippen LogP contribution is 2.25. The van der Waals surface area contributed by atoms with Crippen LogP contribution in [0.1, 0.15) is 46.4 Å². The van der Waals surface area contributed by atoms with Gasteiger partial charge in [-0.05, 0) is 28.7 Å². The maximum atomic E-state index is 11.3. The number of carboxylic acids is 1. The van der Waals surface area contributed by atoms with Gasteiger partial charge in [-0.1, -0.05) is 27.7 Å². The molecular formula is C12H22N4O2. The Morgan fingerprint density at radius 3 is 2.61 bits per heavy atom. The van der Waals surface area contributed by atoms with Gasteiger partial charge in [0.05, 0.1) is 12.5 Å². The van der Waals surface area contributed by atoms with Crippen molar-refractivity contribution in [3.8, 4) is 0 Å². The predicted octanol–water partition coefficient (Wildman–Crippen LogP) is 1.76. The fraction of sp³-hybridized carbons (Fsp3) is 0.833. The first kappa shape index (κ1) is 14.6. The number of hydrogen-bond acceptors (Lipinski definition) is 4. The van der Waals surface area contributed by atoms with Gasteiger partial charge in [0.1, 0.15) is 0 Å². The molecule has 0 saturated carbocycles. The molecule has 0 saturated heterocycles. The summed E-state index contributed by atoms with van der Waals surface area (Å²) in [7, 11) is 0. The minimum atomic E-state index is -0.789. The van der Waals surface area contributed by atoms with E-state index in [1.807, 2.05) is 27.7 Å². The van der Waals surface area contributed by atoms with Gasteiger partial charge in [0.25, 0.3) is 0 Å². The zero-order valence-electron chi connectivity index (χ0n) is 11.6. The Balaban J connectivity index is 2.77. The van der Waals surface area contributed by atoms with E-state index in [0.29, 0.717) is 13.0 Å². The van der Waals surface area contributed by atoms with Crippen LogP contribution in [0.4, 0.5) is 0 Å². The summed E-state index contributed by atoms with van der Waals surface area (Å²) < 4.78 is 1.62. The van der Waals surface area contributed by atoms with Crippen LogP contribution in [0.15, 0.2) is 0 Å². The fourth-order valence-electron chi connectivity index (χ4n) is 1.95. The Labute approximate surface area is 107 Å². The maximum absolute atomic E-state index is 11.3. The van der Waals surface area contributed by atoms with Crippen LogP contribution in [-0.4, -0.2) is 31.3 Å². The molecule has 6 nitrogen and oxygen atoms in total. The third-order valence-corrected chi connectivity index (χ3v) is 2.68. The summed E-state index contributed by atoms with van der Waals surface area (Å²) in [5.41, 5.74) is -0.0258. The molecule has 0 bridgehead atoms. The van der Waals surface area contributed by atoms with E-state index in [1.54, 1.807) is 4.68 Å². The highest BCUT2D eigenvalue weighted by Gasteiger charge is 2.26. The third kappa shape index (κ3) is 4.43. The Hall–Kier alpha value is -1.46. The first-order valence-electron chi connectivity index (χ1n) is 6.31. The van der Waals surface area contributed by atoms with Crippen molar-refractivity contribution in [3.05, 3.63) is 5.82 Å². The molecule has 6 heteroatoms. The van der Waals surface area contributed by atoms with Gasteiger partial charge in [0, 0.05) is 6.42 Å². The van der Waals surface area contributed by atoms with Gasteiger partial charge in [0.15, 0.2) is 5.82 Å². The summed E-state index contributed by atoms with van der Waals surface area (Å²) in [5, 5.41) is 20.7. The van der Waals surface area contributed by atoms with E-state index in [0.717, 1.165) is 18.7 Å². The van der Waals surface area contributed by atoms with Crippen molar-refractivity contribution in [2.45, 2.75) is 53.5 Å². The highest BCUT2D eigenvalue weighted by molar-refractivity contribution is 5.69. The van der Waals surface area contributed by atoms with E-state index >= 15 is 0 Å². The second-order valence-corrected chi connectivity index (χ2v) is 5.83. The quantitative estimate of drug-likeness (QED) is 0.836. The van der Waals surface area contributed by atoms with Crippen LogP contribution in [0.5, 0.6) is 0 Å². The molecule has 0 aliphatic carbocycles. The molecule has 1 unspecified atom stereocenters. The number of rotatable bonds is 6. The molecule has 0 radical (unpaired) electrons. The normalized spacial score (nSPS) is 13.6. The van der Waals surface area contributed by atoms with Crippen LogP contribution < -0.4 is 0 Å². The largest absolute Gasteiger partial charge is 0.481 e. The van der Waals surface area contributed by atoms with Crippen LogP contribution in [0.25, 0.3) is 0 Å². The van der Waals surface area contributed by atoms with Crippen molar-refractivity contribution >= 4 is 5.97 Å². The Bertz CT molecular complexity index is 395. The summed E-state index contributed by atoms with van der Waals surface area (Å²) in [4.78, 5) is 11.3.